The van der Waals surface area contributed by atoms with E-state index < -0.39 is 0 Å². The maximum absolute atomic E-state index is 11.8. The molecule has 4 heteroatoms. The Kier molecular flexibility index (Phi) is 2.08. The smallest absolute Gasteiger partial charge is 0.256 e. The minimum atomic E-state index is -0.0589. The van der Waals surface area contributed by atoms with Gasteiger partial charge in [0.1, 0.15) is 0 Å². The lowest BCUT2D eigenvalue weighted by atomic mass is 10.1. The fraction of sp³-hybridized carbons (Fsp3) is 0. The Bertz CT molecular complexity index is 572. The summed E-state index contributed by atoms with van der Waals surface area (Å²) in [5.74, 6) is -0.0589. The van der Waals surface area contributed by atoms with Gasteiger partial charge >= 0.3 is 0 Å². The topological polar surface area (TPSA) is 42.0 Å². The van der Waals surface area contributed by atoms with Crippen molar-refractivity contribution in [2.45, 2.75) is 0 Å². The lowest BCUT2D eigenvalue weighted by Gasteiger charge is -1.95. The largest absolute Gasteiger partial charge is 0.320 e. The molecule has 2 aromatic heterocycles. The lowest BCUT2D eigenvalue weighted by molar-refractivity contribution is -0.110. The van der Waals surface area contributed by atoms with Crippen molar-refractivity contribution in [3.63, 3.8) is 0 Å². The van der Waals surface area contributed by atoms with Crippen LogP contribution in [0.4, 0.5) is 5.69 Å². The van der Waals surface area contributed by atoms with E-state index in [1.165, 1.54) is 0 Å². The number of carbonyl (C=O) groups excluding carboxylic acids is 1. The molecule has 0 radical (unpaired) electrons. The number of hydrogen-bond acceptors (Lipinski definition) is 3. The van der Waals surface area contributed by atoms with Crippen LogP contribution in [-0.2, 0) is 4.79 Å². The average Bonchev–Trinajstić information content (AvgIpc) is 2.89. The third kappa shape index (κ3) is 1.44. The average molecular weight is 228 g/mol. The van der Waals surface area contributed by atoms with Crippen LogP contribution in [0.25, 0.3) is 11.6 Å². The first-order valence-electron chi connectivity index (χ1n) is 4.85. The molecule has 0 bridgehead atoms. The van der Waals surface area contributed by atoms with E-state index in [0.29, 0.717) is 5.57 Å². The van der Waals surface area contributed by atoms with Gasteiger partial charge in [-0.1, -0.05) is 6.07 Å². The van der Waals surface area contributed by atoms with E-state index >= 15 is 0 Å². The number of fused-ring (bicyclic) bond motifs is 1. The van der Waals surface area contributed by atoms with Gasteiger partial charge in [-0.15, -0.1) is 11.3 Å². The van der Waals surface area contributed by atoms with E-state index in [1.807, 2.05) is 29.7 Å². The second-order valence-electron chi connectivity index (χ2n) is 3.45. The highest BCUT2D eigenvalue weighted by Gasteiger charge is 2.23. The summed E-state index contributed by atoms with van der Waals surface area (Å²) in [5.41, 5.74) is 2.42. The Balaban J connectivity index is 2.12. The molecule has 0 aromatic carbocycles. The molecular formula is C12H8N2OS. The number of nitrogens with one attached hydrogen (secondary N) is 1. The zero-order chi connectivity index (χ0) is 11.0. The molecule has 0 atom stereocenters. The highest BCUT2D eigenvalue weighted by molar-refractivity contribution is 7.11. The van der Waals surface area contributed by atoms with Crippen molar-refractivity contribution >= 4 is 34.6 Å². The number of thiophene rings is 1. The molecule has 0 saturated carbocycles. The minimum absolute atomic E-state index is 0.0589. The first kappa shape index (κ1) is 9.30. The molecule has 78 valence electrons. The van der Waals surface area contributed by atoms with Crippen molar-refractivity contribution < 1.29 is 4.79 Å². The summed E-state index contributed by atoms with van der Waals surface area (Å²) in [6.45, 7) is 0. The number of amides is 1. The van der Waals surface area contributed by atoms with Crippen LogP contribution in [0.15, 0.2) is 36.0 Å². The number of carbonyl (C=O) groups is 1. The molecule has 0 aliphatic carbocycles. The predicted molar refractivity (Wildman–Crippen MR) is 65.1 cm³/mol. The second-order valence-corrected chi connectivity index (χ2v) is 4.43. The van der Waals surface area contributed by atoms with Crippen LogP contribution in [0.3, 0.4) is 0 Å². The molecule has 1 N–H and O–H groups in total. The SMILES string of the molecule is O=C1Nc2cnccc2/C1=C/c1cccs1. The number of pyridine rings is 1. The number of anilines is 1. The Morgan fingerprint density at radius 1 is 1.38 bits per heavy atom. The summed E-state index contributed by atoms with van der Waals surface area (Å²) in [5, 5.41) is 4.79. The fourth-order valence-electron chi connectivity index (χ4n) is 1.70. The van der Waals surface area contributed by atoms with Gasteiger partial charge in [0, 0.05) is 16.6 Å². The van der Waals surface area contributed by atoms with Gasteiger partial charge in [-0.2, -0.15) is 0 Å². The lowest BCUT2D eigenvalue weighted by Crippen LogP contribution is -2.03. The van der Waals surface area contributed by atoms with Crippen LogP contribution in [0.5, 0.6) is 0 Å². The highest BCUT2D eigenvalue weighted by Crippen LogP contribution is 2.32. The highest BCUT2D eigenvalue weighted by atomic mass is 32.1. The summed E-state index contributed by atoms with van der Waals surface area (Å²) >= 11 is 1.61. The van der Waals surface area contributed by atoms with Gasteiger partial charge in [0.15, 0.2) is 0 Å². The minimum Gasteiger partial charge on any atom is -0.320 e. The van der Waals surface area contributed by atoms with E-state index in [-0.39, 0.29) is 5.91 Å². The Hall–Kier alpha value is -1.94. The van der Waals surface area contributed by atoms with E-state index in [1.54, 1.807) is 23.7 Å². The van der Waals surface area contributed by atoms with Crippen LogP contribution in [0, 0.1) is 0 Å². The maximum Gasteiger partial charge on any atom is 0.256 e. The number of hydrogen-bond donors (Lipinski definition) is 1. The standard InChI is InChI=1S/C12H8N2OS/c15-12-10(6-8-2-1-5-16-8)9-3-4-13-7-11(9)14-12/h1-7H,(H,14,15)/b10-6-. The van der Waals surface area contributed by atoms with Gasteiger partial charge in [-0.05, 0) is 23.6 Å². The molecule has 0 saturated heterocycles. The van der Waals surface area contributed by atoms with Crippen molar-refractivity contribution in [1.82, 2.24) is 4.98 Å². The molecular weight excluding hydrogens is 220 g/mol. The van der Waals surface area contributed by atoms with E-state index in [2.05, 4.69) is 10.3 Å². The summed E-state index contributed by atoms with van der Waals surface area (Å²) < 4.78 is 0. The molecule has 0 spiro atoms. The maximum atomic E-state index is 11.8. The monoisotopic (exact) mass is 228 g/mol. The van der Waals surface area contributed by atoms with Crippen LogP contribution >= 0.6 is 11.3 Å². The molecule has 1 aliphatic heterocycles. The number of nitrogens with zero attached hydrogens (tertiary/aromatic N) is 1. The molecule has 1 aliphatic rings. The van der Waals surface area contributed by atoms with E-state index in [0.717, 1.165) is 16.1 Å². The van der Waals surface area contributed by atoms with Crippen molar-refractivity contribution in [1.29, 1.82) is 0 Å². The summed E-state index contributed by atoms with van der Waals surface area (Å²) in [6.07, 6.45) is 5.27. The summed E-state index contributed by atoms with van der Waals surface area (Å²) in [7, 11) is 0. The van der Waals surface area contributed by atoms with Gasteiger partial charge in [0.2, 0.25) is 0 Å². The molecule has 16 heavy (non-hydrogen) atoms. The van der Waals surface area contributed by atoms with E-state index in [9.17, 15) is 4.79 Å². The fourth-order valence-corrected chi connectivity index (χ4v) is 2.36. The molecule has 3 rings (SSSR count). The zero-order valence-electron chi connectivity index (χ0n) is 8.31. The zero-order valence-corrected chi connectivity index (χ0v) is 9.12. The van der Waals surface area contributed by atoms with Gasteiger partial charge < -0.3 is 5.32 Å². The van der Waals surface area contributed by atoms with Crippen LogP contribution in [0.1, 0.15) is 10.4 Å². The second kappa shape index (κ2) is 3.57. The molecule has 3 nitrogen and oxygen atoms in total. The quantitative estimate of drug-likeness (QED) is 0.762. The van der Waals surface area contributed by atoms with Crippen molar-refractivity contribution in [3.8, 4) is 0 Å². The van der Waals surface area contributed by atoms with Gasteiger partial charge in [-0.25, -0.2) is 0 Å². The molecule has 3 heterocycles. The van der Waals surface area contributed by atoms with Crippen LogP contribution < -0.4 is 5.32 Å². The molecule has 2 aromatic rings. The van der Waals surface area contributed by atoms with Crippen molar-refractivity contribution in [3.05, 3.63) is 46.4 Å². The molecule has 0 fully saturated rings. The van der Waals surface area contributed by atoms with Crippen LogP contribution in [0.2, 0.25) is 0 Å². The Morgan fingerprint density at radius 2 is 2.31 bits per heavy atom. The van der Waals surface area contributed by atoms with Crippen LogP contribution in [-0.4, -0.2) is 10.9 Å². The molecule has 0 unspecified atom stereocenters. The number of aromatic nitrogens is 1. The third-order valence-electron chi connectivity index (χ3n) is 2.43. The normalized spacial score (nSPS) is 16.2. The first-order chi connectivity index (χ1) is 7.84. The van der Waals surface area contributed by atoms with Gasteiger partial charge in [-0.3, -0.25) is 9.78 Å². The first-order valence-corrected chi connectivity index (χ1v) is 5.73. The predicted octanol–water partition coefficient (Wildman–Crippen LogP) is 2.64. The summed E-state index contributed by atoms with van der Waals surface area (Å²) in [4.78, 5) is 16.8. The number of rotatable bonds is 1. The Morgan fingerprint density at radius 3 is 3.12 bits per heavy atom. The molecule has 1 amide bonds. The van der Waals surface area contributed by atoms with Gasteiger partial charge in [0.25, 0.3) is 5.91 Å². The summed E-state index contributed by atoms with van der Waals surface area (Å²) in [6, 6.07) is 5.81. The third-order valence-corrected chi connectivity index (χ3v) is 3.25. The van der Waals surface area contributed by atoms with Crippen molar-refractivity contribution in [2.75, 3.05) is 5.32 Å². The van der Waals surface area contributed by atoms with Gasteiger partial charge in [0.05, 0.1) is 17.5 Å². The van der Waals surface area contributed by atoms with Crippen molar-refractivity contribution in [2.24, 2.45) is 0 Å². The van der Waals surface area contributed by atoms with E-state index in [4.69, 9.17) is 0 Å². The Labute approximate surface area is 96.5 Å².